The van der Waals surface area contributed by atoms with Crippen LogP contribution in [0.2, 0.25) is 0 Å². The Morgan fingerprint density at radius 3 is 2.62 bits per heavy atom. The molecule has 3 rings (SSSR count). The minimum absolute atomic E-state index is 0.174. The summed E-state index contributed by atoms with van der Waals surface area (Å²) in [7, 11) is 2.23. The molecule has 114 valence electrons. The van der Waals surface area contributed by atoms with Crippen molar-refractivity contribution < 1.29 is 9.90 Å². The fraction of sp³-hybridized carbons (Fsp3) is 0.562. The monoisotopic (exact) mass is 289 g/mol. The highest BCUT2D eigenvalue weighted by atomic mass is 16.4. The lowest BCUT2D eigenvalue weighted by Gasteiger charge is -2.47. The quantitative estimate of drug-likeness (QED) is 0.745. The average Bonchev–Trinajstić information content (AvgIpc) is 2.42. The molecule has 4 N–H and O–H groups in total. The van der Waals surface area contributed by atoms with Gasteiger partial charge in [0.25, 0.3) is 0 Å². The Labute approximate surface area is 125 Å². The van der Waals surface area contributed by atoms with E-state index in [9.17, 15) is 4.79 Å². The van der Waals surface area contributed by atoms with E-state index in [1.165, 1.54) is 19.3 Å². The van der Waals surface area contributed by atoms with Crippen molar-refractivity contribution in [2.24, 2.45) is 0 Å². The van der Waals surface area contributed by atoms with Crippen LogP contribution in [0.4, 0.5) is 11.4 Å². The lowest BCUT2D eigenvalue weighted by Crippen LogP contribution is -2.52. The van der Waals surface area contributed by atoms with Crippen LogP contribution in [0.15, 0.2) is 18.2 Å². The highest BCUT2D eigenvalue weighted by Gasteiger charge is 2.35. The number of aromatic carboxylic acids is 1. The summed E-state index contributed by atoms with van der Waals surface area (Å²) in [6.07, 6.45) is 6.12. The van der Waals surface area contributed by atoms with Crippen molar-refractivity contribution in [2.75, 3.05) is 18.1 Å². The number of nitrogen functional groups attached to an aromatic ring is 1. The number of carboxylic acid groups (broad SMARTS) is 1. The largest absolute Gasteiger partial charge is 0.478 e. The lowest BCUT2D eigenvalue weighted by molar-refractivity contribution is 0.0608. The van der Waals surface area contributed by atoms with Gasteiger partial charge in [0, 0.05) is 29.5 Å². The third-order valence-electron chi connectivity index (χ3n) is 4.99. The van der Waals surface area contributed by atoms with Gasteiger partial charge in [-0.2, -0.15) is 0 Å². The van der Waals surface area contributed by atoms with Gasteiger partial charge in [0.05, 0.1) is 5.56 Å². The third kappa shape index (κ3) is 2.83. The Balaban J connectivity index is 1.72. The Hall–Kier alpha value is -1.75. The summed E-state index contributed by atoms with van der Waals surface area (Å²) in [6.45, 7) is 0. The fourth-order valence-electron chi connectivity index (χ4n) is 3.80. The number of nitrogens with one attached hydrogen (secondary N) is 1. The van der Waals surface area contributed by atoms with E-state index in [1.54, 1.807) is 12.1 Å². The SMILES string of the molecule is CN1C2CCCC1CC(Nc1ccc(N)c(C(=O)O)c1)C2. The van der Waals surface area contributed by atoms with Crippen LogP contribution in [0.1, 0.15) is 42.5 Å². The van der Waals surface area contributed by atoms with E-state index in [-0.39, 0.29) is 5.56 Å². The van der Waals surface area contributed by atoms with E-state index < -0.39 is 5.97 Å². The first-order chi connectivity index (χ1) is 10.0. The number of hydrogen-bond acceptors (Lipinski definition) is 4. The van der Waals surface area contributed by atoms with Gasteiger partial charge in [-0.1, -0.05) is 6.42 Å². The normalized spacial score (nSPS) is 29.1. The fourth-order valence-corrected chi connectivity index (χ4v) is 3.80. The second kappa shape index (κ2) is 5.56. The van der Waals surface area contributed by atoms with Crippen molar-refractivity contribution in [1.82, 2.24) is 4.90 Å². The number of nitrogens with two attached hydrogens (primary N) is 1. The van der Waals surface area contributed by atoms with Gasteiger partial charge in [-0.3, -0.25) is 0 Å². The van der Waals surface area contributed by atoms with Gasteiger partial charge in [0.15, 0.2) is 0 Å². The molecule has 2 aliphatic heterocycles. The Kier molecular flexibility index (Phi) is 3.76. The van der Waals surface area contributed by atoms with Crippen LogP contribution in [0.3, 0.4) is 0 Å². The Morgan fingerprint density at radius 2 is 2.00 bits per heavy atom. The zero-order valence-corrected chi connectivity index (χ0v) is 12.4. The van der Waals surface area contributed by atoms with Crippen LogP contribution < -0.4 is 11.1 Å². The van der Waals surface area contributed by atoms with E-state index in [0.717, 1.165) is 18.5 Å². The van der Waals surface area contributed by atoms with Crippen molar-refractivity contribution in [1.29, 1.82) is 0 Å². The molecule has 2 unspecified atom stereocenters. The molecule has 5 heteroatoms. The van der Waals surface area contributed by atoms with Crippen LogP contribution in [0.5, 0.6) is 0 Å². The van der Waals surface area contributed by atoms with Gasteiger partial charge in [0.1, 0.15) is 0 Å². The number of hydrogen-bond donors (Lipinski definition) is 3. The van der Waals surface area contributed by atoms with E-state index in [2.05, 4.69) is 17.3 Å². The minimum atomic E-state index is -0.976. The molecule has 2 aliphatic rings. The molecule has 2 fully saturated rings. The molecule has 2 atom stereocenters. The predicted octanol–water partition coefficient (Wildman–Crippen LogP) is 2.39. The molecule has 0 saturated carbocycles. The number of benzene rings is 1. The van der Waals surface area contributed by atoms with Gasteiger partial charge in [0.2, 0.25) is 0 Å². The highest BCUT2D eigenvalue weighted by molar-refractivity contribution is 5.94. The maximum atomic E-state index is 11.2. The maximum absolute atomic E-state index is 11.2. The Bertz CT molecular complexity index is 532. The smallest absolute Gasteiger partial charge is 0.337 e. The van der Waals surface area contributed by atoms with Crippen molar-refractivity contribution in [3.63, 3.8) is 0 Å². The molecule has 1 aromatic carbocycles. The van der Waals surface area contributed by atoms with Crippen LogP contribution in [-0.2, 0) is 0 Å². The summed E-state index contributed by atoms with van der Waals surface area (Å²) >= 11 is 0. The number of piperidine rings is 2. The molecule has 0 amide bonds. The lowest BCUT2D eigenvalue weighted by atomic mass is 9.82. The molecule has 2 saturated heterocycles. The molecule has 2 bridgehead atoms. The first-order valence-electron chi connectivity index (χ1n) is 7.66. The number of fused-ring (bicyclic) bond motifs is 2. The maximum Gasteiger partial charge on any atom is 0.337 e. The molecule has 1 aromatic rings. The molecule has 5 nitrogen and oxygen atoms in total. The van der Waals surface area contributed by atoms with Crippen LogP contribution in [-0.4, -0.2) is 41.1 Å². The first kappa shape index (κ1) is 14.2. The number of rotatable bonds is 3. The van der Waals surface area contributed by atoms with Gasteiger partial charge >= 0.3 is 5.97 Å². The molecule has 21 heavy (non-hydrogen) atoms. The summed E-state index contributed by atoms with van der Waals surface area (Å²) in [5, 5.41) is 12.7. The van der Waals surface area contributed by atoms with Crippen molar-refractivity contribution in [3.8, 4) is 0 Å². The van der Waals surface area contributed by atoms with Crippen molar-refractivity contribution in [3.05, 3.63) is 23.8 Å². The van der Waals surface area contributed by atoms with Crippen molar-refractivity contribution >= 4 is 17.3 Å². The second-order valence-electron chi connectivity index (χ2n) is 6.32. The van der Waals surface area contributed by atoms with Gasteiger partial charge < -0.3 is 21.1 Å². The molecule has 0 radical (unpaired) electrons. The number of anilines is 2. The zero-order valence-electron chi connectivity index (χ0n) is 12.4. The first-order valence-corrected chi connectivity index (χ1v) is 7.66. The number of nitrogens with zero attached hydrogens (tertiary/aromatic N) is 1. The van der Waals surface area contributed by atoms with Gasteiger partial charge in [-0.15, -0.1) is 0 Å². The van der Waals surface area contributed by atoms with E-state index in [4.69, 9.17) is 10.8 Å². The molecule has 2 heterocycles. The molecule has 0 aromatic heterocycles. The Morgan fingerprint density at radius 1 is 1.33 bits per heavy atom. The second-order valence-corrected chi connectivity index (χ2v) is 6.32. The number of carbonyl (C=O) groups is 1. The predicted molar refractivity (Wildman–Crippen MR) is 83.6 cm³/mol. The molecule has 0 spiro atoms. The highest BCUT2D eigenvalue weighted by Crippen LogP contribution is 2.34. The molecular formula is C16H23N3O2. The topological polar surface area (TPSA) is 78.6 Å². The summed E-state index contributed by atoms with van der Waals surface area (Å²) in [5.74, 6) is -0.976. The minimum Gasteiger partial charge on any atom is -0.478 e. The van der Waals surface area contributed by atoms with Crippen molar-refractivity contribution in [2.45, 2.75) is 50.2 Å². The average molecular weight is 289 g/mol. The van der Waals surface area contributed by atoms with Crippen LogP contribution >= 0.6 is 0 Å². The van der Waals surface area contributed by atoms with E-state index >= 15 is 0 Å². The summed E-state index contributed by atoms with van der Waals surface area (Å²) in [6, 6.07) is 6.91. The summed E-state index contributed by atoms with van der Waals surface area (Å²) < 4.78 is 0. The van der Waals surface area contributed by atoms with Gasteiger partial charge in [-0.25, -0.2) is 4.79 Å². The van der Waals surface area contributed by atoms with E-state index in [0.29, 0.717) is 23.8 Å². The molecular weight excluding hydrogens is 266 g/mol. The van der Waals surface area contributed by atoms with Crippen LogP contribution in [0.25, 0.3) is 0 Å². The summed E-state index contributed by atoms with van der Waals surface area (Å²) in [5.41, 5.74) is 7.04. The zero-order chi connectivity index (χ0) is 15.0. The summed E-state index contributed by atoms with van der Waals surface area (Å²) in [4.78, 5) is 13.7. The van der Waals surface area contributed by atoms with Gasteiger partial charge in [-0.05, 0) is 50.9 Å². The number of carboxylic acids is 1. The van der Waals surface area contributed by atoms with Crippen LogP contribution in [0, 0.1) is 0 Å². The third-order valence-corrected chi connectivity index (χ3v) is 4.99. The molecule has 0 aliphatic carbocycles. The standard InChI is InChI=1S/C16H23N3O2/c1-19-12-3-2-4-13(19)8-11(7-12)18-10-5-6-15(17)14(9-10)16(20)21/h5-6,9,11-13,18H,2-4,7-8,17H2,1H3,(H,20,21). The van der Waals surface area contributed by atoms with E-state index in [1.807, 2.05) is 6.07 Å².